The van der Waals surface area contributed by atoms with Crippen LogP contribution in [0.15, 0.2) is 4.99 Å². The highest BCUT2D eigenvalue weighted by atomic mass is 16.5. The molecule has 1 aliphatic rings. The summed E-state index contributed by atoms with van der Waals surface area (Å²) in [4.78, 5) is 4.36. The Morgan fingerprint density at radius 3 is 2.50 bits per heavy atom. The number of ether oxygens (including phenoxy) is 1. The molecule has 0 aromatic carbocycles. The first-order valence-corrected chi connectivity index (χ1v) is 9.14. The predicted octanol–water partition coefficient (Wildman–Crippen LogP) is 3.57. The highest BCUT2D eigenvalue weighted by molar-refractivity contribution is 5.79. The third kappa shape index (κ3) is 7.48. The average Bonchev–Trinajstić information content (AvgIpc) is 2.93. The van der Waals surface area contributed by atoms with Crippen molar-refractivity contribution in [2.75, 3.05) is 33.4 Å². The maximum atomic E-state index is 5.36. The lowest BCUT2D eigenvalue weighted by molar-refractivity contribution is 0.143. The molecule has 0 heterocycles. The van der Waals surface area contributed by atoms with Crippen LogP contribution in [0.2, 0.25) is 0 Å². The van der Waals surface area contributed by atoms with Crippen LogP contribution in [-0.4, -0.2) is 39.3 Å². The molecule has 4 heteroatoms. The van der Waals surface area contributed by atoms with Crippen molar-refractivity contribution in [3.05, 3.63) is 0 Å². The lowest BCUT2D eigenvalue weighted by Crippen LogP contribution is -2.43. The fourth-order valence-electron chi connectivity index (χ4n) is 3.62. The minimum Gasteiger partial charge on any atom is -0.382 e. The number of nitrogens with zero attached hydrogens (tertiary/aromatic N) is 1. The summed E-state index contributed by atoms with van der Waals surface area (Å²) in [5, 5.41) is 6.99. The molecule has 1 fully saturated rings. The van der Waals surface area contributed by atoms with Crippen molar-refractivity contribution in [2.45, 2.75) is 65.7 Å². The minimum atomic E-state index is 0.487. The zero-order valence-corrected chi connectivity index (χ0v) is 15.2. The van der Waals surface area contributed by atoms with Gasteiger partial charge in [-0.05, 0) is 50.4 Å². The summed E-state index contributed by atoms with van der Waals surface area (Å²) in [6, 6.07) is 0. The molecular weight excluding hydrogens is 274 g/mol. The van der Waals surface area contributed by atoms with Crippen LogP contribution in [0.25, 0.3) is 0 Å². The van der Waals surface area contributed by atoms with E-state index in [4.69, 9.17) is 4.74 Å². The van der Waals surface area contributed by atoms with Crippen molar-refractivity contribution < 1.29 is 4.74 Å². The van der Waals surface area contributed by atoms with Crippen LogP contribution < -0.4 is 10.6 Å². The highest BCUT2D eigenvalue weighted by Gasteiger charge is 2.34. The molecule has 0 spiro atoms. The Labute approximate surface area is 137 Å². The van der Waals surface area contributed by atoms with Crippen molar-refractivity contribution in [2.24, 2.45) is 16.3 Å². The Morgan fingerprint density at radius 1 is 1.18 bits per heavy atom. The molecule has 1 rings (SSSR count). The van der Waals surface area contributed by atoms with Gasteiger partial charge in [-0.1, -0.05) is 26.7 Å². The Kier molecular flexibility index (Phi) is 9.53. The molecule has 0 aromatic rings. The van der Waals surface area contributed by atoms with Gasteiger partial charge in [-0.15, -0.1) is 0 Å². The van der Waals surface area contributed by atoms with Gasteiger partial charge in [0.25, 0.3) is 0 Å². The topological polar surface area (TPSA) is 45.6 Å². The zero-order chi connectivity index (χ0) is 16.3. The fraction of sp³-hybridized carbons (Fsp3) is 0.944. The quantitative estimate of drug-likeness (QED) is 0.368. The molecule has 22 heavy (non-hydrogen) atoms. The van der Waals surface area contributed by atoms with Gasteiger partial charge in [-0.3, -0.25) is 4.99 Å². The average molecular weight is 312 g/mol. The number of guanidine groups is 1. The molecule has 4 nitrogen and oxygen atoms in total. The van der Waals surface area contributed by atoms with Crippen LogP contribution in [0.4, 0.5) is 0 Å². The van der Waals surface area contributed by atoms with Gasteiger partial charge in [0.1, 0.15) is 0 Å². The molecule has 1 saturated carbocycles. The van der Waals surface area contributed by atoms with Gasteiger partial charge in [0.05, 0.1) is 0 Å². The molecule has 0 unspecified atom stereocenters. The third-order valence-electron chi connectivity index (χ3n) is 4.57. The maximum Gasteiger partial charge on any atom is 0.190 e. The fourth-order valence-corrected chi connectivity index (χ4v) is 3.62. The van der Waals surface area contributed by atoms with Gasteiger partial charge in [-0.25, -0.2) is 0 Å². The molecule has 0 amide bonds. The molecule has 0 saturated heterocycles. The first kappa shape index (κ1) is 19.3. The van der Waals surface area contributed by atoms with Crippen LogP contribution in [0.1, 0.15) is 65.7 Å². The van der Waals surface area contributed by atoms with E-state index in [0.29, 0.717) is 5.41 Å². The van der Waals surface area contributed by atoms with Crippen LogP contribution >= 0.6 is 0 Å². The second-order valence-electron chi connectivity index (χ2n) is 7.06. The van der Waals surface area contributed by atoms with Crippen molar-refractivity contribution in [1.29, 1.82) is 0 Å². The van der Waals surface area contributed by atoms with E-state index < -0.39 is 0 Å². The Bertz CT molecular complexity index is 309. The number of aliphatic imine (C=N–C) groups is 1. The van der Waals surface area contributed by atoms with Crippen molar-refractivity contribution >= 4 is 5.96 Å². The van der Waals surface area contributed by atoms with Gasteiger partial charge in [0.2, 0.25) is 0 Å². The molecule has 130 valence electrons. The molecule has 0 aromatic heterocycles. The summed E-state index contributed by atoms with van der Waals surface area (Å²) < 4.78 is 5.36. The maximum absolute atomic E-state index is 5.36. The normalized spacial score (nSPS) is 18.0. The molecule has 1 aliphatic carbocycles. The molecular formula is C18H37N3O. The van der Waals surface area contributed by atoms with E-state index in [1.54, 1.807) is 0 Å². The molecule has 0 atom stereocenters. The van der Waals surface area contributed by atoms with Crippen molar-refractivity contribution in [1.82, 2.24) is 10.6 Å². The van der Waals surface area contributed by atoms with E-state index in [0.717, 1.165) is 51.0 Å². The molecule has 0 aliphatic heterocycles. The number of rotatable bonds is 10. The first-order valence-electron chi connectivity index (χ1n) is 9.14. The van der Waals surface area contributed by atoms with Crippen LogP contribution in [0.5, 0.6) is 0 Å². The zero-order valence-electron chi connectivity index (χ0n) is 15.2. The standard InChI is InChI=1S/C18H37N3O/c1-5-22-13-9-8-12-20-17(19-4)21-15-18(14-16(2)3)10-6-7-11-18/h16H,5-15H2,1-4H3,(H2,19,20,21). The van der Waals surface area contributed by atoms with Crippen LogP contribution in [-0.2, 0) is 4.74 Å². The number of nitrogens with one attached hydrogen (secondary N) is 2. The van der Waals surface area contributed by atoms with Gasteiger partial charge in [0.15, 0.2) is 5.96 Å². The van der Waals surface area contributed by atoms with Gasteiger partial charge >= 0.3 is 0 Å². The van der Waals surface area contributed by atoms with E-state index >= 15 is 0 Å². The van der Waals surface area contributed by atoms with E-state index in [2.05, 4.69) is 29.5 Å². The monoisotopic (exact) mass is 311 g/mol. The van der Waals surface area contributed by atoms with Gasteiger partial charge < -0.3 is 15.4 Å². The summed E-state index contributed by atoms with van der Waals surface area (Å²) in [5.74, 6) is 1.72. The highest BCUT2D eigenvalue weighted by Crippen LogP contribution is 2.42. The van der Waals surface area contributed by atoms with Crippen LogP contribution in [0.3, 0.4) is 0 Å². The summed E-state index contributed by atoms with van der Waals surface area (Å²) in [6.45, 7) is 10.4. The van der Waals surface area contributed by atoms with E-state index in [1.807, 2.05) is 14.0 Å². The van der Waals surface area contributed by atoms with Gasteiger partial charge in [0, 0.05) is 33.4 Å². The largest absolute Gasteiger partial charge is 0.382 e. The third-order valence-corrected chi connectivity index (χ3v) is 4.57. The molecule has 2 N–H and O–H groups in total. The smallest absolute Gasteiger partial charge is 0.190 e. The minimum absolute atomic E-state index is 0.487. The van der Waals surface area contributed by atoms with E-state index in [-0.39, 0.29) is 0 Å². The predicted molar refractivity (Wildman–Crippen MR) is 95.4 cm³/mol. The second-order valence-corrected chi connectivity index (χ2v) is 7.06. The second kappa shape index (κ2) is 10.9. The Hall–Kier alpha value is -0.770. The summed E-state index contributed by atoms with van der Waals surface area (Å²) in [5.41, 5.74) is 0.487. The molecule has 0 radical (unpaired) electrons. The van der Waals surface area contributed by atoms with E-state index in [1.165, 1.54) is 32.1 Å². The molecule has 0 bridgehead atoms. The summed E-state index contributed by atoms with van der Waals surface area (Å²) in [6.07, 6.45) is 9.06. The van der Waals surface area contributed by atoms with Crippen molar-refractivity contribution in [3.8, 4) is 0 Å². The lowest BCUT2D eigenvalue weighted by atomic mass is 9.78. The first-order chi connectivity index (χ1) is 10.6. The van der Waals surface area contributed by atoms with Crippen LogP contribution in [0, 0.1) is 11.3 Å². The van der Waals surface area contributed by atoms with Gasteiger partial charge in [-0.2, -0.15) is 0 Å². The van der Waals surface area contributed by atoms with E-state index in [9.17, 15) is 0 Å². The summed E-state index contributed by atoms with van der Waals surface area (Å²) >= 11 is 0. The summed E-state index contributed by atoms with van der Waals surface area (Å²) in [7, 11) is 1.86. The number of hydrogen-bond donors (Lipinski definition) is 2. The SMILES string of the molecule is CCOCCCCNC(=NC)NCC1(CC(C)C)CCCC1. The Balaban J connectivity index is 2.27. The van der Waals surface area contributed by atoms with Crippen molar-refractivity contribution in [3.63, 3.8) is 0 Å². The number of hydrogen-bond acceptors (Lipinski definition) is 2. The number of unbranched alkanes of at least 4 members (excludes halogenated alkanes) is 1. The lowest BCUT2D eigenvalue weighted by Gasteiger charge is -2.32. The Morgan fingerprint density at radius 2 is 1.91 bits per heavy atom.